The van der Waals surface area contributed by atoms with Crippen LogP contribution in [0.3, 0.4) is 0 Å². The minimum atomic E-state index is -3.81. The van der Waals surface area contributed by atoms with E-state index in [2.05, 4.69) is 14.7 Å². The van der Waals surface area contributed by atoms with Crippen molar-refractivity contribution in [3.05, 3.63) is 41.5 Å². The molecule has 0 saturated carbocycles. The van der Waals surface area contributed by atoms with Crippen LogP contribution >= 0.6 is 11.8 Å². The zero-order valence-corrected chi connectivity index (χ0v) is 18.2. The summed E-state index contributed by atoms with van der Waals surface area (Å²) in [6, 6.07) is 5.04. The van der Waals surface area contributed by atoms with Crippen LogP contribution in [0.4, 0.5) is 14.6 Å². The Morgan fingerprint density at radius 1 is 1.32 bits per heavy atom. The maximum absolute atomic E-state index is 13.9. The average molecular weight is 477 g/mol. The van der Waals surface area contributed by atoms with Crippen LogP contribution in [-0.2, 0) is 16.0 Å². The van der Waals surface area contributed by atoms with Crippen molar-refractivity contribution in [3.8, 4) is 5.88 Å². The van der Waals surface area contributed by atoms with E-state index in [-0.39, 0.29) is 28.2 Å². The Hall–Kier alpha value is -2.06. The maximum atomic E-state index is 13.9. The quantitative estimate of drug-likeness (QED) is 0.348. The van der Waals surface area contributed by atoms with Gasteiger partial charge in [-0.05, 0) is 19.4 Å². The Balaban J connectivity index is 1.83. The molecule has 2 heterocycles. The summed E-state index contributed by atoms with van der Waals surface area (Å²) in [5.41, 5.74) is 0.0895. The monoisotopic (exact) mass is 476 g/mol. The average Bonchev–Trinajstić information content (AvgIpc) is 2.66. The van der Waals surface area contributed by atoms with Gasteiger partial charge in [0.05, 0.1) is 6.61 Å². The van der Waals surface area contributed by atoms with Gasteiger partial charge in [-0.3, -0.25) is 4.72 Å². The molecular formula is C18H22F2N4O5S2. The highest BCUT2D eigenvalue weighted by atomic mass is 32.2. The van der Waals surface area contributed by atoms with Crippen LogP contribution in [0.25, 0.3) is 0 Å². The third-order valence-electron chi connectivity index (χ3n) is 4.49. The number of halogens is 2. The van der Waals surface area contributed by atoms with Gasteiger partial charge < -0.3 is 14.9 Å². The molecule has 0 unspecified atom stereocenters. The lowest BCUT2D eigenvalue weighted by Gasteiger charge is -2.29. The molecule has 0 bridgehead atoms. The second kappa shape index (κ2) is 10.0. The minimum absolute atomic E-state index is 0.0137. The van der Waals surface area contributed by atoms with Crippen LogP contribution in [0, 0.1) is 11.6 Å². The number of benzene rings is 1. The lowest BCUT2D eigenvalue weighted by molar-refractivity contribution is 0.00599. The first-order valence-corrected chi connectivity index (χ1v) is 11.8. The Labute approximate surface area is 182 Å². The van der Waals surface area contributed by atoms with Crippen molar-refractivity contribution < 1.29 is 32.1 Å². The van der Waals surface area contributed by atoms with Gasteiger partial charge in [-0.15, -0.1) is 0 Å². The first-order chi connectivity index (χ1) is 14.7. The number of rotatable bonds is 10. The van der Waals surface area contributed by atoms with Gasteiger partial charge in [-0.1, -0.05) is 23.9 Å². The molecule has 1 fully saturated rings. The zero-order chi connectivity index (χ0) is 22.6. The van der Waals surface area contributed by atoms with Crippen molar-refractivity contribution in [1.29, 1.82) is 0 Å². The number of anilines is 1. The van der Waals surface area contributed by atoms with Crippen molar-refractivity contribution in [2.45, 2.75) is 36.5 Å². The van der Waals surface area contributed by atoms with E-state index >= 15 is 0 Å². The molecule has 3 N–H and O–H groups in total. The summed E-state index contributed by atoms with van der Waals surface area (Å²) < 4.78 is 61.2. The molecule has 2 aromatic rings. The smallest absolute Gasteiger partial charge is 0.302 e. The van der Waals surface area contributed by atoms with E-state index in [1.54, 1.807) is 0 Å². The summed E-state index contributed by atoms with van der Waals surface area (Å²) in [4.78, 5) is 8.26. The third kappa shape index (κ3) is 6.01. The molecule has 1 aromatic heterocycles. The van der Waals surface area contributed by atoms with E-state index in [1.807, 2.05) is 0 Å². The van der Waals surface area contributed by atoms with Crippen molar-refractivity contribution in [1.82, 2.24) is 14.3 Å². The third-order valence-corrected chi connectivity index (χ3v) is 6.90. The van der Waals surface area contributed by atoms with E-state index < -0.39 is 40.7 Å². The van der Waals surface area contributed by atoms with Crippen LogP contribution in [0.5, 0.6) is 5.88 Å². The van der Waals surface area contributed by atoms with Crippen LogP contribution < -0.4 is 9.46 Å². The number of aliphatic hydroxyl groups excluding tert-OH is 2. The summed E-state index contributed by atoms with van der Waals surface area (Å²) in [6.45, 7) is 1.75. The van der Waals surface area contributed by atoms with Crippen LogP contribution in [-0.4, -0.2) is 64.8 Å². The van der Waals surface area contributed by atoms with Gasteiger partial charge in [0.1, 0.15) is 18.0 Å². The van der Waals surface area contributed by atoms with Gasteiger partial charge in [0.2, 0.25) is 5.88 Å². The molecule has 0 amide bonds. The van der Waals surface area contributed by atoms with Crippen molar-refractivity contribution in [2.75, 3.05) is 24.4 Å². The molecule has 2 atom stereocenters. The van der Waals surface area contributed by atoms with Crippen molar-refractivity contribution in [2.24, 2.45) is 0 Å². The van der Waals surface area contributed by atoms with Crippen molar-refractivity contribution >= 4 is 27.8 Å². The summed E-state index contributed by atoms with van der Waals surface area (Å²) in [5.74, 6) is -2.12. The standard InChI is InChI=1S/C18H22F2N4O5S2/c1-11(14(26)9-25)29-16-8-15(23-31(27,28)24-6-3-7-24)21-18(22-16)30-10-12-4-2-5-13(19)17(12)20/h2,4-5,8,11,14,25-26H,3,6-7,9-10H2,1H3,(H,21,22,23)/t11-,14+/m0/s1. The molecule has 13 heteroatoms. The number of aliphatic hydroxyl groups is 2. The number of hydrogen-bond donors (Lipinski definition) is 3. The second-order valence-corrected chi connectivity index (χ2v) is 9.42. The molecule has 170 valence electrons. The first kappa shape index (κ1) is 23.6. The van der Waals surface area contributed by atoms with E-state index in [1.165, 1.54) is 29.4 Å². The van der Waals surface area contributed by atoms with Gasteiger partial charge >= 0.3 is 10.2 Å². The summed E-state index contributed by atoms with van der Waals surface area (Å²) in [5, 5.41) is 18.8. The summed E-state index contributed by atoms with van der Waals surface area (Å²) in [6.07, 6.45) is -1.28. The van der Waals surface area contributed by atoms with Crippen LogP contribution in [0.15, 0.2) is 29.4 Å². The summed E-state index contributed by atoms with van der Waals surface area (Å²) >= 11 is 0.951. The minimum Gasteiger partial charge on any atom is -0.472 e. The number of hydrogen-bond acceptors (Lipinski definition) is 8. The van der Waals surface area contributed by atoms with E-state index in [4.69, 9.17) is 9.84 Å². The number of ether oxygens (including phenoxy) is 1. The molecule has 1 aromatic carbocycles. The zero-order valence-electron chi connectivity index (χ0n) is 16.5. The lowest BCUT2D eigenvalue weighted by Crippen LogP contribution is -2.45. The SMILES string of the molecule is C[C@H](Oc1cc(NS(=O)(=O)N2CCC2)nc(SCc2cccc(F)c2F)n1)[C@H](O)CO. The molecule has 9 nitrogen and oxygen atoms in total. The normalized spacial score (nSPS) is 16.4. The second-order valence-electron chi connectivity index (χ2n) is 6.81. The molecule has 3 rings (SSSR count). The predicted molar refractivity (Wildman–Crippen MR) is 110 cm³/mol. The van der Waals surface area contributed by atoms with Crippen LogP contribution in [0.1, 0.15) is 18.9 Å². The number of nitrogens with zero attached hydrogens (tertiary/aromatic N) is 3. The molecule has 0 spiro atoms. The molecule has 0 radical (unpaired) electrons. The number of nitrogens with one attached hydrogen (secondary N) is 1. The molecule has 1 saturated heterocycles. The molecule has 31 heavy (non-hydrogen) atoms. The lowest BCUT2D eigenvalue weighted by atomic mass is 10.2. The fourth-order valence-corrected chi connectivity index (χ4v) is 4.59. The van der Waals surface area contributed by atoms with Crippen LogP contribution in [0.2, 0.25) is 0 Å². The number of aromatic nitrogens is 2. The van der Waals surface area contributed by atoms with E-state index in [0.717, 1.165) is 24.2 Å². The summed E-state index contributed by atoms with van der Waals surface area (Å²) in [7, 11) is -3.81. The molecule has 1 aliphatic rings. The van der Waals surface area contributed by atoms with E-state index in [0.29, 0.717) is 13.1 Å². The fourth-order valence-electron chi connectivity index (χ4n) is 2.52. The maximum Gasteiger partial charge on any atom is 0.302 e. The highest BCUT2D eigenvalue weighted by Gasteiger charge is 2.28. The van der Waals surface area contributed by atoms with Gasteiger partial charge in [-0.2, -0.15) is 17.7 Å². The van der Waals surface area contributed by atoms with Gasteiger partial charge in [0.15, 0.2) is 16.8 Å². The van der Waals surface area contributed by atoms with Gasteiger partial charge in [0, 0.05) is 30.5 Å². The Morgan fingerprint density at radius 3 is 2.71 bits per heavy atom. The number of thioether (sulfide) groups is 1. The molecule has 1 aliphatic heterocycles. The highest BCUT2D eigenvalue weighted by Crippen LogP contribution is 2.27. The molecular weight excluding hydrogens is 454 g/mol. The predicted octanol–water partition coefficient (Wildman–Crippen LogP) is 1.53. The van der Waals surface area contributed by atoms with Gasteiger partial charge in [-0.25, -0.2) is 13.8 Å². The molecule has 0 aliphatic carbocycles. The fraction of sp³-hybridized carbons (Fsp3) is 0.444. The largest absolute Gasteiger partial charge is 0.472 e. The highest BCUT2D eigenvalue weighted by molar-refractivity contribution is 7.98. The van der Waals surface area contributed by atoms with E-state index in [9.17, 15) is 22.3 Å². The Kier molecular flexibility index (Phi) is 7.64. The first-order valence-electron chi connectivity index (χ1n) is 9.38. The topological polar surface area (TPSA) is 125 Å². The Morgan fingerprint density at radius 2 is 2.06 bits per heavy atom. The Bertz CT molecular complexity index is 1020. The van der Waals surface area contributed by atoms with Gasteiger partial charge in [0.25, 0.3) is 0 Å². The van der Waals surface area contributed by atoms with Crippen molar-refractivity contribution in [3.63, 3.8) is 0 Å².